The largest absolute Gasteiger partial charge is 0.486 e. The molecule has 5 rings (SSSR count). The third kappa shape index (κ3) is 2.12. The van der Waals surface area contributed by atoms with Crippen LogP contribution in [0, 0.1) is 5.92 Å². The smallest absolute Gasteiger partial charge is 0.135 e. The zero-order valence-electron chi connectivity index (χ0n) is 16.4. The molecule has 4 heteroatoms. The molecule has 2 bridgehead atoms. The molecule has 4 nitrogen and oxygen atoms in total. The van der Waals surface area contributed by atoms with Crippen molar-refractivity contribution in [3.8, 4) is 5.75 Å². The molecule has 26 heavy (non-hydrogen) atoms. The van der Waals surface area contributed by atoms with Crippen molar-refractivity contribution in [3.05, 3.63) is 28.8 Å². The molecule has 2 aliphatic heterocycles. The summed E-state index contributed by atoms with van der Waals surface area (Å²) in [5, 5.41) is 9.91. The Morgan fingerprint density at radius 3 is 2.85 bits per heavy atom. The van der Waals surface area contributed by atoms with Crippen LogP contribution in [0.2, 0.25) is 0 Å². The first-order valence-electron chi connectivity index (χ1n) is 10.2. The van der Waals surface area contributed by atoms with E-state index in [1.165, 1.54) is 17.5 Å². The van der Waals surface area contributed by atoms with E-state index in [0.717, 1.165) is 37.1 Å². The number of likely N-dealkylation sites (tertiary alicyclic amines) is 1. The number of hydrogen-bond donors (Lipinski definition) is 1. The minimum Gasteiger partial charge on any atom is -0.486 e. The predicted molar refractivity (Wildman–Crippen MR) is 101 cm³/mol. The molecular formula is C22H31NO3. The van der Waals surface area contributed by atoms with Gasteiger partial charge in [0.05, 0.1) is 18.3 Å². The minimum atomic E-state index is -0.172. The van der Waals surface area contributed by atoms with Gasteiger partial charge in [-0.2, -0.15) is 0 Å². The maximum atomic E-state index is 9.91. The second-order valence-electron chi connectivity index (χ2n) is 9.78. The lowest BCUT2D eigenvalue weighted by Crippen LogP contribution is -2.66. The van der Waals surface area contributed by atoms with Crippen LogP contribution in [-0.4, -0.2) is 47.4 Å². The molecule has 4 aliphatic rings. The number of likely N-dealkylation sites (N-methyl/N-ethyl adjacent to an activating group) is 1. The number of rotatable bonds is 2. The number of nitrogens with zero attached hydrogens (tertiary/aromatic N) is 1. The van der Waals surface area contributed by atoms with Crippen molar-refractivity contribution in [2.45, 2.75) is 82.3 Å². The number of piperidine rings is 1. The van der Waals surface area contributed by atoms with Gasteiger partial charge >= 0.3 is 0 Å². The molecule has 1 spiro atoms. The van der Waals surface area contributed by atoms with Crippen molar-refractivity contribution >= 4 is 0 Å². The summed E-state index contributed by atoms with van der Waals surface area (Å²) in [4.78, 5) is 2.57. The van der Waals surface area contributed by atoms with Crippen LogP contribution in [0.25, 0.3) is 0 Å². The molecule has 5 atom stereocenters. The predicted octanol–water partition coefficient (Wildman–Crippen LogP) is 3.03. The Bertz CT molecular complexity index is 740. The van der Waals surface area contributed by atoms with Gasteiger partial charge in [-0.15, -0.1) is 0 Å². The highest BCUT2D eigenvalue weighted by atomic mass is 16.6. The molecule has 1 saturated heterocycles. The topological polar surface area (TPSA) is 41.9 Å². The van der Waals surface area contributed by atoms with Crippen molar-refractivity contribution in [2.24, 2.45) is 5.92 Å². The van der Waals surface area contributed by atoms with Crippen molar-refractivity contribution < 1.29 is 14.6 Å². The zero-order valence-corrected chi connectivity index (χ0v) is 16.4. The van der Waals surface area contributed by atoms with E-state index in [2.05, 4.69) is 44.9 Å². The number of ether oxygens (including phenoxy) is 2. The molecule has 0 aromatic heterocycles. The normalized spacial score (nSPS) is 38.0. The Labute approximate surface area is 156 Å². The number of aliphatic hydroxyl groups is 1. The number of benzene rings is 1. The summed E-state index contributed by atoms with van der Waals surface area (Å²) >= 11 is 0. The van der Waals surface area contributed by atoms with Gasteiger partial charge < -0.3 is 19.5 Å². The van der Waals surface area contributed by atoms with Crippen molar-refractivity contribution in [2.75, 3.05) is 13.6 Å². The third-order valence-electron chi connectivity index (χ3n) is 7.32. The number of aliphatic hydroxyl groups excluding tert-OH is 1. The van der Waals surface area contributed by atoms with Gasteiger partial charge in [0.25, 0.3) is 0 Å². The Morgan fingerprint density at radius 1 is 1.31 bits per heavy atom. The van der Waals surface area contributed by atoms with E-state index in [1.807, 2.05) is 0 Å². The third-order valence-corrected chi connectivity index (χ3v) is 7.32. The minimum absolute atomic E-state index is 0.0458. The summed E-state index contributed by atoms with van der Waals surface area (Å²) in [5.41, 5.74) is 3.70. The van der Waals surface area contributed by atoms with E-state index in [9.17, 15) is 5.11 Å². The van der Waals surface area contributed by atoms with E-state index in [4.69, 9.17) is 9.47 Å². The molecule has 1 aromatic carbocycles. The Hall–Kier alpha value is -1.10. The van der Waals surface area contributed by atoms with Crippen LogP contribution >= 0.6 is 0 Å². The molecule has 1 N–H and O–H groups in total. The maximum Gasteiger partial charge on any atom is 0.135 e. The molecular weight excluding hydrogens is 326 g/mol. The molecule has 2 unspecified atom stereocenters. The zero-order chi connectivity index (χ0) is 18.3. The van der Waals surface area contributed by atoms with Crippen LogP contribution in [0.3, 0.4) is 0 Å². The van der Waals surface area contributed by atoms with E-state index >= 15 is 0 Å². The molecule has 0 radical (unpaired) electrons. The lowest BCUT2D eigenvalue weighted by molar-refractivity contribution is -0.161. The lowest BCUT2D eigenvalue weighted by Gasteiger charge is -2.59. The van der Waals surface area contributed by atoms with E-state index in [0.29, 0.717) is 12.0 Å². The average molecular weight is 357 g/mol. The Kier molecular flexibility index (Phi) is 3.58. The fourth-order valence-corrected chi connectivity index (χ4v) is 6.46. The van der Waals surface area contributed by atoms with Crippen LogP contribution < -0.4 is 4.74 Å². The van der Waals surface area contributed by atoms with Crippen LogP contribution in [-0.2, 0) is 23.2 Å². The van der Waals surface area contributed by atoms with Crippen molar-refractivity contribution in [1.29, 1.82) is 0 Å². The van der Waals surface area contributed by atoms with Gasteiger partial charge in [0, 0.05) is 22.6 Å². The van der Waals surface area contributed by atoms with Gasteiger partial charge in [-0.25, -0.2) is 0 Å². The molecule has 0 amide bonds. The molecule has 1 saturated carbocycles. The van der Waals surface area contributed by atoms with Crippen molar-refractivity contribution in [1.82, 2.24) is 4.90 Å². The van der Waals surface area contributed by atoms with Gasteiger partial charge in [-0.1, -0.05) is 12.1 Å². The Balaban J connectivity index is 1.68. The SMILES string of the molecule is CN1CCC23c4c5ccc(CO)c4OC2[C@@H](OC(C)(C)C)CC[C@H]3[C@H]1C5. The van der Waals surface area contributed by atoms with Crippen molar-refractivity contribution in [3.63, 3.8) is 0 Å². The maximum absolute atomic E-state index is 9.91. The fourth-order valence-electron chi connectivity index (χ4n) is 6.46. The van der Waals surface area contributed by atoms with Gasteiger partial charge in [0.15, 0.2) is 0 Å². The van der Waals surface area contributed by atoms with Crippen LogP contribution in [0.5, 0.6) is 5.75 Å². The highest BCUT2D eigenvalue weighted by molar-refractivity contribution is 5.58. The summed E-state index contributed by atoms with van der Waals surface area (Å²) in [6.07, 6.45) is 4.72. The first-order chi connectivity index (χ1) is 12.3. The second kappa shape index (κ2) is 5.46. The summed E-state index contributed by atoms with van der Waals surface area (Å²) in [5.74, 6) is 1.61. The fraction of sp³-hybridized carbons (Fsp3) is 0.727. The summed E-state index contributed by atoms with van der Waals surface area (Å²) in [7, 11) is 2.29. The average Bonchev–Trinajstić information content (AvgIpc) is 2.93. The molecule has 142 valence electrons. The first-order valence-corrected chi connectivity index (χ1v) is 10.2. The van der Waals surface area contributed by atoms with Gasteiger partial charge in [0.1, 0.15) is 11.9 Å². The summed E-state index contributed by atoms with van der Waals surface area (Å²) < 4.78 is 13.2. The van der Waals surface area contributed by atoms with Gasteiger partial charge in [-0.3, -0.25) is 0 Å². The lowest BCUT2D eigenvalue weighted by atomic mass is 9.51. The molecule has 1 aromatic rings. The highest BCUT2D eigenvalue weighted by Crippen LogP contribution is 2.63. The highest BCUT2D eigenvalue weighted by Gasteiger charge is 2.65. The van der Waals surface area contributed by atoms with Crippen LogP contribution in [0.1, 0.15) is 56.7 Å². The summed E-state index contributed by atoms with van der Waals surface area (Å²) in [6, 6.07) is 4.91. The van der Waals surface area contributed by atoms with E-state index < -0.39 is 0 Å². The Morgan fingerprint density at radius 2 is 2.12 bits per heavy atom. The molecule has 2 fully saturated rings. The van der Waals surface area contributed by atoms with E-state index in [1.54, 1.807) is 0 Å². The molecule has 2 aliphatic carbocycles. The first kappa shape index (κ1) is 17.0. The van der Waals surface area contributed by atoms with Crippen LogP contribution in [0.15, 0.2) is 12.1 Å². The van der Waals surface area contributed by atoms with E-state index in [-0.39, 0.29) is 29.8 Å². The van der Waals surface area contributed by atoms with Gasteiger partial charge in [-0.05, 0) is 71.5 Å². The second-order valence-corrected chi connectivity index (χ2v) is 9.78. The monoisotopic (exact) mass is 357 g/mol. The number of hydrogen-bond acceptors (Lipinski definition) is 4. The van der Waals surface area contributed by atoms with Crippen LogP contribution in [0.4, 0.5) is 0 Å². The van der Waals surface area contributed by atoms with Gasteiger partial charge in [0.2, 0.25) is 0 Å². The molecule has 2 heterocycles. The summed E-state index contributed by atoms with van der Waals surface area (Å²) in [6.45, 7) is 7.58. The quantitative estimate of drug-likeness (QED) is 0.883. The standard InChI is InChI=1S/C22H31NO3/c1-21(2,3)26-17-8-7-15-16-11-13-5-6-14(12-24)19-18(13)22(15,20(17)25-19)9-10-23(16)4/h5-6,15-17,20,24H,7-12H2,1-4H3/t15-,16+,17-,20?,22?/m0/s1.